The van der Waals surface area contributed by atoms with E-state index in [0.29, 0.717) is 46.6 Å². The third-order valence-electron chi connectivity index (χ3n) is 5.43. The number of amides is 1. The number of carbonyl (C=O) groups is 1. The van der Waals surface area contributed by atoms with Gasteiger partial charge in [-0.1, -0.05) is 18.2 Å². The van der Waals surface area contributed by atoms with E-state index in [1.54, 1.807) is 41.7 Å². The molecule has 1 atom stereocenters. The lowest BCUT2D eigenvalue weighted by Gasteiger charge is -2.33. The molecule has 33 heavy (non-hydrogen) atoms. The molecular weight excluding hydrogens is 438 g/mol. The molecule has 1 amide bonds. The molecule has 0 saturated carbocycles. The summed E-state index contributed by atoms with van der Waals surface area (Å²) in [4.78, 5) is 22.2. The van der Waals surface area contributed by atoms with Gasteiger partial charge in [0.05, 0.1) is 16.3 Å². The van der Waals surface area contributed by atoms with Crippen LogP contribution in [0.3, 0.4) is 0 Å². The number of nitrogens with zero attached hydrogens (tertiary/aromatic N) is 3. The second kappa shape index (κ2) is 10.3. The summed E-state index contributed by atoms with van der Waals surface area (Å²) in [5, 5.41) is 12.6. The fourth-order valence-corrected chi connectivity index (χ4v) is 4.02. The second-order valence-electron chi connectivity index (χ2n) is 7.67. The van der Waals surface area contributed by atoms with E-state index >= 15 is 0 Å². The van der Waals surface area contributed by atoms with Crippen molar-refractivity contribution < 1.29 is 9.53 Å². The Kier molecular flexibility index (Phi) is 7.00. The summed E-state index contributed by atoms with van der Waals surface area (Å²) in [7, 11) is 0. The van der Waals surface area contributed by atoms with Crippen LogP contribution in [0.5, 0.6) is 11.5 Å². The Labute approximate surface area is 197 Å². The van der Waals surface area contributed by atoms with Gasteiger partial charge in [-0.3, -0.25) is 15.2 Å². The van der Waals surface area contributed by atoms with Crippen molar-refractivity contribution in [1.29, 1.82) is 5.41 Å². The highest BCUT2D eigenvalue weighted by atomic mass is 35.5. The first-order valence-electron chi connectivity index (χ1n) is 10.6. The predicted molar refractivity (Wildman–Crippen MR) is 129 cm³/mol. The van der Waals surface area contributed by atoms with Gasteiger partial charge in [0.1, 0.15) is 17.3 Å². The van der Waals surface area contributed by atoms with Gasteiger partial charge >= 0.3 is 0 Å². The molecule has 1 saturated heterocycles. The first kappa shape index (κ1) is 22.5. The number of anilines is 1. The molecule has 1 fully saturated rings. The predicted octanol–water partition coefficient (Wildman–Crippen LogP) is 4.93. The average Bonchev–Trinajstić information content (AvgIpc) is 2.84. The topological polar surface area (TPSA) is 91.2 Å². The third kappa shape index (κ3) is 5.38. The van der Waals surface area contributed by atoms with Crippen molar-refractivity contribution in [3.8, 4) is 11.5 Å². The van der Waals surface area contributed by atoms with Gasteiger partial charge in [0.15, 0.2) is 0 Å². The molecule has 1 aromatic carbocycles. The molecule has 1 aliphatic heterocycles. The lowest BCUT2D eigenvalue weighted by molar-refractivity contribution is -0.127. The molecule has 2 N–H and O–H groups in total. The quantitative estimate of drug-likeness (QED) is 0.384. The Bertz CT molecular complexity index is 1150. The summed E-state index contributed by atoms with van der Waals surface area (Å²) >= 11 is 6.50. The maximum atomic E-state index is 12.0. The molecular formula is C25H24ClN5O2. The summed E-state index contributed by atoms with van der Waals surface area (Å²) < 4.78 is 5.80. The van der Waals surface area contributed by atoms with Gasteiger partial charge in [0.25, 0.3) is 0 Å². The van der Waals surface area contributed by atoms with Gasteiger partial charge < -0.3 is 15.0 Å². The van der Waals surface area contributed by atoms with Crippen LogP contribution in [0.1, 0.15) is 24.0 Å². The fourth-order valence-electron chi connectivity index (χ4n) is 3.78. The first-order valence-corrected chi connectivity index (χ1v) is 11.0. The Balaban J connectivity index is 1.52. The van der Waals surface area contributed by atoms with Gasteiger partial charge in [0.2, 0.25) is 5.91 Å². The molecule has 0 bridgehead atoms. The molecule has 0 spiro atoms. The summed E-state index contributed by atoms with van der Waals surface area (Å²) in [5.41, 5.74) is 1.46. The van der Waals surface area contributed by atoms with Crippen molar-refractivity contribution in [2.75, 3.05) is 18.4 Å². The van der Waals surface area contributed by atoms with E-state index in [1.807, 2.05) is 24.3 Å². The van der Waals surface area contributed by atoms with Crippen LogP contribution in [0, 0.1) is 5.41 Å². The zero-order valence-electron chi connectivity index (χ0n) is 18.0. The van der Waals surface area contributed by atoms with Crippen LogP contribution in [-0.4, -0.2) is 45.6 Å². The highest BCUT2D eigenvalue weighted by molar-refractivity contribution is 6.36. The largest absolute Gasteiger partial charge is 0.457 e. The standard InChI is InChI=1S/C25H24ClN5O2/c1-2-22(32)31-15-3-4-18(16-31)30-25-23(21(26)11-14-29-25)24(27)17-5-7-19(8-6-17)33-20-9-12-28-13-10-20/h2,5-14,18,27H,1,3-4,15-16H2,(H,29,30)/t18-/m1/s1. The van der Waals surface area contributed by atoms with E-state index in [9.17, 15) is 4.79 Å². The molecule has 4 rings (SSSR count). The molecule has 3 heterocycles. The van der Waals surface area contributed by atoms with E-state index in [-0.39, 0.29) is 17.7 Å². The number of carbonyl (C=O) groups excluding carboxylic acids is 1. The maximum absolute atomic E-state index is 12.0. The molecule has 0 radical (unpaired) electrons. The molecule has 7 nitrogen and oxygen atoms in total. The summed E-state index contributed by atoms with van der Waals surface area (Å²) in [6.07, 6.45) is 8.05. The van der Waals surface area contributed by atoms with E-state index in [1.165, 1.54) is 6.08 Å². The molecule has 1 aliphatic rings. The Hall–Kier alpha value is -3.71. The Morgan fingerprint density at radius 3 is 2.61 bits per heavy atom. The van der Waals surface area contributed by atoms with Crippen molar-refractivity contribution in [2.24, 2.45) is 0 Å². The number of rotatable bonds is 7. The zero-order chi connectivity index (χ0) is 23.2. The highest BCUT2D eigenvalue weighted by Gasteiger charge is 2.24. The fraction of sp³-hybridized carbons (Fsp3) is 0.200. The van der Waals surface area contributed by atoms with Crippen LogP contribution in [0.25, 0.3) is 0 Å². The monoisotopic (exact) mass is 461 g/mol. The maximum Gasteiger partial charge on any atom is 0.246 e. The van der Waals surface area contributed by atoms with Crippen molar-refractivity contribution >= 4 is 29.0 Å². The number of piperidine rings is 1. The van der Waals surface area contributed by atoms with Gasteiger partial charge in [-0.15, -0.1) is 0 Å². The number of pyridine rings is 2. The molecule has 8 heteroatoms. The van der Waals surface area contributed by atoms with Crippen molar-refractivity contribution in [1.82, 2.24) is 14.9 Å². The zero-order valence-corrected chi connectivity index (χ0v) is 18.8. The molecule has 168 valence electrons. The lowest BCUT2D eigenvalue weighted by atomic mass is 10.0. The Morgan fingerprint density at radius 1 is 1.15 bits per heavy atom. The molecule has 3 aromatic rings. The third-order valence-corrected chi connectivity index (χ3v) is 5.74. The number of hydrogen-bond acceptors (Lipinski definition) is 6. The van der Waals surface area contributed by atoms with Gasteiger partial charge in [-0.2, -0.15) is 0 Å². The lowest BCUT2D eigenvalue weighted by Crippen LogP contribution is -2.44. The van der Waals surface area contributed by atoms with Crippen LogP contribution in [0.4, 0.5) is 5.82 Å². The number of hydrogen-bond donors (Lipinski definition) is 2. The smallest absolute Gasteiger partial charge is 0.246 e. The van der Waals surface area contributed by atoms with Gasteiger partial charge in [-0.05, 0) is 61.4 Å². The number of likely N-dealkylation sites (tertiary alicyclic amines) is 1. The SMILES string of the molecule is C=CC(=O)N1CCC[C@@H](Nc2nccc(Cl)c2C(=N)c2ccc(Oc3ccncc3)cc2)C1. The van der Waals surface area contributed by atoms with Crippen LogP contribution in [0.2, 0.25) is 5.02 Å². The summed E-state index contributed by atoms with van der Waals surface area (Å²) in [6, 6.07) is 12.5. The minimum atomic E-state index is -0.0809. The molecule has 0 aliphatic carbocycles. The highest BCUT2D eigenvalue weighted by Crippen LogP contribution is 2.28. The van der Waals surface area contributed by atoms with E-state index in [0.717, 1.165) is 12.8 Å². The summed E-state index contributed by atoms with van der Waals surface area (Å²) in [5.74, 6) is 1.79. The number of benzene rings is 1. The van der Waals surface area contributed by atoms with Crippen molar-refractivity contribution in [3.63, 3.8) is 0 Å². The minimum Gasteiger partial charge on any atom is -0.457 e. The summed E-state index contributed by atoms with van der Waals surface area (Å²) in [6.45, 7) is 4.83. The average molecular weight is 462 g/mol. The van der Waals surface area contributed by atoms with Gasteiger partial charge in [-0.25, -0.2) is 4.98 Å². The first-order chi connectivity index (χ1) is 16.0. The van der Waals surface area contributed by atoms with E-state index in [2.05, 4.69) is 21.9 Å². The van der Waals surface area contributed by atoms with Crippen LogP contribution < -0.4 is 10.1 Å². The van der Waals surface area contributed by atoms with E-state index in [4.69, 9.17) is 21.7 Å². The number of nitrogens with one attached hydrogen (secondary N) is 2. The number of halogens is 1. The molecule has 0 unspecified atom stereocenters. The Morgan fingerprint density at radius 2 is 1.88 bits per heavy atom. The number of aromatic nitrogens is 2. The van der Waals surface area contributed by atoms with Crippen LogP contribution in [-0.2, 0) is 4.79 Å². The van der Waals surface area contributed by atoms with Crippen molar-refractivity contribution in [2.45, 2.75) is 18.9 Å². The van der Waals surface area contributed by atoms with Crippen molar-refractivity contribution in [3.05, 3.63) is 89.9 Å². The number of ether oxygens (including phenoxy) is 1. The van der Waals surface area contributed by atoms with E-state index < -0.39 is 0 Å². The second-order valence-corrected chi connectivity index (χ2v) is 8.08. The van der Waals surface area contributed by atoms with Crippen LogP contribution >= 0.6 is 11.6 Å². The minimum absolute atomic E-state index is 0.0105. The van der Waals surface area contributed by atoms with Gasteiger partial charge in [0, 0.05) is 43.3 Å². The van der Waals surface area contributed by atoms with Crippen LogP contribution in [0.15, 0.2) is 73.7 Å². The molecule has 2 aromatic heterocycles. The normalized spacial score (nSPS) is 15.5.